The Morgan fingerprint density at radius 1 is 1.27 bits per heavy atom. The number of nitrogens with zero attached hydrogens (tertiary/aromatic N) is 3. The fourth-order valence-electron chi connectivity index (χ4n) is 3.11. The van der Waals surface area contributed by atoms with Crippen molar-refractivity contribution in [3.63, 3.8) is 0 Å². The molecule has 1 fully saturated rings. The van der Waals surface area contributed by atoms with Gasteiger partial charge in [0.25, 0.3) is 0 Å². The minimum atomic E-state index is 0.259. The summed E-state index contributed by atoms with van der Waals surface area (Å²) in [6.45, 7) is 6.26. The van der Waals surface area contributed by atoms with Crippen molar-refractivity contribution in [2.45, 2.75) is 19.8 Å². The molecule has 1 aromatic heterocycles. The summed E-state index contributed by atoms with van der Waals surface area (Å²) in [5.41, 5.74) is 2.21. The molecule has 0 bridgehead atoms. The molecule has 1 aliphatic heterocycles. The third-order valence-corrected chi connectivity index (χ3v) is 4.47. The van der Waals surface area contributed by atoms with Gasteiger partial charge < -0.3 is 15.3 Å². The lowest BCUT2D eigenvalue weighted by molar-refractivity contribution is 0.151. The first-order valence-electron chi connectivity index (χ1n) is 8.04. The average Bonchev–Trinajstić information content (AvgIpc) is 2.54. The van der Waals surface area contributed by atoms with Crippen LogP contribution in [0.4, 0.5) is 5.82 Å². The van der Waals surface area contributed by atoms with Gasteiger partial charge in [0.2, 0.25) is 0 Å². The standard InChI is InChI=1S/C17H24N4O/c1-13-2-3-16-15(10-13)17(20-12-19-16)18-11-14-4-6-21(7-5-14)8-9-22/h2-3,10,12,14,22H,4-9,11H2,1H3,(H,18,19,20). The highest BCUT2D eigenvalue weighted by molar-refractivity contribution is 5.89. The van der Waals surface area contributed by atoms with E-state index in [0.717, 1.165) is 42.9 Å². The van der Waals surface area contributed by atoms with Crippen molar-refractivity contribution in [3.8, 4) is 0 Å². The molecule has 1 aliphatic rings. The molecule has 22 heavy (non-hydrogen) atoms. The summed E-state index contributed by atoms with van der Waals surface area (Å²) in [4.78, 5) is 11.1. The molecule has 2 heterocycles. The second-order valence-electron chi connectivity index (χ2n) is 6.13. The zero-order chi connectivity index (χ0) is 15.4. The molecule has 0 spiro atoms. The largest absolute Gasteiger partial charge is 0.395 e. The molecule has 5 heteroatoms. The van der Waals surface area contributed by atoms with Crippen molar-refractivity contribution in [2.24, 2.45) is 5.92 Å². The minimum absolute atomic E-state index is 0.259. The van der Waals surface area contributed by atoms with Crippen molar-refractivity contribution in [1.82, 2.24) is 14.9 Å². The SMILES string of the molecule is Cc1ccc2ncnc(NCC3CCN(CCO)CC3)c2c1. The first kappa shape index (κ1) is 15.2. The lowest BCUT2D eigenvalue weighted by atomic mass is 9.97. The Bertz CT molecular complexity index is 623. The summed E-state index contributed by atoms with van der Waals surface area (Å²) < 4.78 is 0. The van der Waals surface area contributed by atoms with Crippen molar-refractivity contribution in [1.29, 1.82) is 0 Å². The smallest absolute Gasteiger partial charge is 0.137 e. The Labute approximate surface area is 131 Å². The van der Waals surface area contributed by atoms with Gasteiger partial charge in [0.05, 0.1) is 12.1 Å². The Kier molecular flexibility index (Phi) is 4.85. The quantitative estimate of drug-likeness (QED) is 0.885. The molecule has 0 unspecified atom stereocenters. The first-order valence-corrected chi connectivity index (χ1v) is 8.04. The van der Waals surface area contributed by atoms with Gasteiger partial charge in [-0.2, -0.15) is 0 Å². The zero-order valence-electron chi connectivity index (χ0n) is 13.1. The van der Waals surface area contributed by atoms with Crippen LogP contribution in [0.15, 0.2) is 24.5 Å². The van der Waals surface area contributed by atoms with E-state index in [4.69, 9.17) is 5.11 Å². The normalized spacial score (nSPS) is 17.0. The topological polar surface area (TPSA) is 61.3 Å². The molecule has 118 valence electrons. The van der Waals surface area contributed by atoms with Crippen LogP contribution in [0, 0.1) is 12.8 Å². The van der Waals surface area contributed by atoms with Crippen molar-refractivity contribution in [3.05, 3.63) is 30.1 Å². The van der Waals surface area contributed by atoms with E-state index in [-0.39, 0.29) is 6.61 Å². The average molecular weight is 300 g/mol. The number of aliphatic hydroxyl groups is 1. The lowest BCUT2D eigenvalue weighted by Gasteiger charge is -2.31. The maximum atomic E-state index is 8.99. The number of nitrogens with one attached hydrogen (secondary N) is 1. The number of benzene rings is 1. The van der Waals surface area contributed by atoms with Gasteiger partial charge in [-0.05, 0) is 50.9 Å². The maximum absolute atomic E-state index is 8.99. The number of aliphatic hydroxyl groups excluding tert-OH is 1. The van der Waals surface area contributed by atoms with Crippen LogP contribution in [0.1, 0.15) is 18.4 Å². The van der Waals surface area contributed by atoms with Crippen molar-refractivity contribution in [2.75, 3.05) is 38.1 Å². The van der Waals surface area contributed by atoms with Gasteiger partial charge >= 0.3 is 0 Å². The molecular weight excluding hydrogens is 276 g/mol. The molecule has 0 atom stereocenters. The molecule has 0 radical (unpaired) electrons. The highest BCUT2D eigenvalue weighted by Crippen LogP contribution is 2.22. The fourth-order valence-corrected chi connectivity index (χ4v) is 3.11. The van der Waals surface area contributed by atoms with Gasteiger partial charge in [0.15, 0.2) is 0 Å². The molecule has 5 nitrogen and oxygen atoms in total. The highest BCUT2D eigenvalue weighted by atomic mass is 16.3. The van der Waals surface area contributed by atoms with Crippen molar-refractivity contribution < 1.29 is 5.11 Å². The zero-order valence-corrected chi connectivity index (χ0v) is 13.1. The Morgan fingerprint density at radius 3 is 2.86 bits per heavy atom. The third-order valence-electron chi connectivity index (χ3n) is 4.47. The van der Waals surface area contributed by atoms with Crippen molar-refractivity contribution >= 4 is 16.7 Å². The third kappa shape index (κ3) is 3.54. The van der Waals surface area contributed by atoms with Crippen LogP contribution in [0.5, 0.6) is 0 Å². The minimum Gasteiger partial charge on any atom is -0.395 e. The molecule has 1 aromatic carbocycles. The lowest BCUT2D eigenvalue weighted by Crippen LogP contribution is -2.37. The maximum Gasteiger partial charge on any atom is 0.137 e. The van der Waals surface area contributed by atoms with Gasteiger partial charge in [-0.25, -0.2) is 9.97 Å². The molecule has 0 amide bonds. The number of aryl methyl sites for hydroxylation is 1. The molecule has 0 aliphatic carbocycles. The number of hydrogen-bond acceptors (Lipinski definition) is 5. The summed E-state index contributed by atoms with van der Waals surface area (Å²) in [6, 6.07) is 6.27. The van der Waals surface area contributed by atoms with Gasteiger partial charge in [-0.15, -0.1) is 0 Å². The van der Waals surface area contributed by atoms with Gasteiger partial charge in [-0.1, -0.05) is 11.6 Å². The highest BCUT2D eigenvalue weighted by Gasteiger charge is 2.18. The molecule has 0 saturated carbocycles. The van der Waals surface area contributed by atoms with Gasteiger partial charge in [0, 0.05) is 18.5 Å². The summed E-state index contributed by atoms with van der Waals surface area (Å²) in [7, 11) is 0. The summed E-state index contributed by atoms with van der Waals surface area (Å²) >= 11 is 0. The number of aromatic nitrogens is 2. The fraction of sp³-hybridized carbons (Fsp3) is 0.529. The molecule has 3 rings (SSSR count). The predicted molar refractivity (Wildman–Crippen MR) is 89.0 cm³/mol. The molecule has 1 saturated heterocycles. The Hall–Kier alpha value is -1.72. The van der Waals surface area contributed by atoms with E-state index in [1.165, 1.54) is 18.4 Å². The summed E-state index contributed by atoms with van der Waals surface area (Å²) in [5.74, 6) is 1.61. The van der Waals surface area contributed by atoms with Crippen LogP contribution in [0.25, 0.3) is 10.9 Å². The van der Waals surface area contributed by atoms with E-state index >= 15 is 0 Å². The Balaban J connectivity index is 1.61. The van der Waals surface area contributed by atoms with Gasteiger partial charge in [0.1, 0.15) is 12.1 Å². The molecule has 2 N–H and O–H groups in total. The van der Waals surface area contributed by atoms with Crippen LogP contribution in [-0.4, -0.2) is 52.8 Å². The second-order valence-corrected chi connectivity index (χ2v) is 6.13. The van der Waals surface area contributed by atoms with Crippen LogP contribution < -0.4 is 5.32 Å². The number of rotatable bonds is 5. The number of fused-ring (bicyclic) bond motifs is 1. The number of anilines is 1. The van der Waals surface area contributed by atoms with Gasteiger partial charge in [-0.3, -0.25) is 0 Å². The molecular formula is C17H24N4O. The van der Waals surface area contributed by atoms with E-state index in [0.29, 0.717) is 5.92 Å². The van der Waals surface area contributed by atoms with Crippen LogP contribution in [0.2, 0.25) is 0 Å². The van der Waals surface area contributed by atoms with E-state index in [1.807, 2.05) is 6.07 Å². The summed E-state index contributed by atoms with van der Waals surface area (Å²) in [6.07, 6.45) is 3.98. The summed E-state index contributed by atoms with van der Waals surface area (Å²) in [5, 5.41) is 13.6. The molecule has 2 aromatic rings. The monoisotopic (exact) mass is 300 g/mol. The number of piperidine rings is 1. The van der Waals surface area contributed by atoms with E-state index in [1.54, 1.807) is 6.33 Å². The number of β-amino-alcohol motifs (C(OH)–C–C–N with tert-alkyl or cyclic N) is 1. The Morgan fingerprint density at radius 2 is 2.09 bits per heavy atom. The second kappa shape index (κ2) is 7.03. The number of hydrogen-bond donors (Lipinski definition) is 2. The number of likely N-dealkylation sites (tertiary alicyclic amines) is 1. The van der Waals surface area contributed by atoms with Crippen LogP contribution >= 0.6 is 0 Å². The van der Waals surface area contributed by atoms with Crippen LogP contribution in [0.3, 0.4) is 0 Å². The first-order chi connectivity index (χ1) is 10.8. The van der Waals surface area contributed by atoms with E-state index < -0.39 is 0 Å². The van der Waals surface area contributed by atoms with Crippen LogP contribution in [-0.2, 0) is 0 Å². The van der Waals surface area contributed by atoms with E-state index in [2.05, 4.69) is 39.2 Å². The van der Waals surface area contributed by atoms with E-state index in [9.17, 15) is 0 Å². The predicted octanol–water partition coefficient (Wildman–Crippen LogP) is 2.05.